The van der Waals surface area contributed by atoms with Crippen molar-refractivity contribution in [1.82, 2.24) is 9.47 Å². The summed E-state index contributed by atoms with van der Waals surface area (Å²) in [5, 5.41) is 0. The molecule has 0 N–H and O–H groups in total. The van der Waals surface area contributed by atoms with Crippen LogP contribution in [0, 0.1) is 0 Å². The van der Waals surface area contributed by atoms with E-state index in [-0.39, 0.29) is 0 Å². The summed E-state index contributed by atoms with van der Waals surface area (Å²) < 4.78 is 2.64. The van der Waals surface area contributed by atoms with E-state index in [1.165, 1.54) is 25.7 Å². The lowest BCUT2D eigenvalue weighted by molar-refractivity contribution is 0.419. The predicted octanol–water partition coefficient (Wildman–Crippen LogP) is 1.24. The van der Waals surface area contributed by atoms with E-state index >= 15 is 0 Å². The van der Waals surface area contributed by atoms with E-state index in [9.17, 15) is 0 Å². The van der Waals surface area contributed by atoms with Crippen molar-refractivity contribution >= 4 is 8.96 Å². The number of nitrogens with zero attached hydrogens (tertiary/aromatic N) is 2. The highest BCUT2D eigenvalue weighted by Crippen LogP contribution is 2.00. The molecule has 74 valence electrons. The lowest BCUT2D eigenvalue weighted by Gasteiger charge is -2.26. The molecule has 0 aromatic rings. The second-order valence-electron chi connectivity index (χ2n) is 3.66. The summed E-state index contributed by atoms with van der Waals surface area (Å²) in [6, 6.07) is 1.41. The van der Waals surface area contributed by atoms with Crippen molar-refractivity contribution in [1.29, 1.82) is 0 Å². The molecule has 1 unspecified atom stereocenters. The van der Waals surface area contributed by atoms with Gasteiger partial charge in [0.2, 0.25) is 0 Å². The summed E-state index contributed by atoms with van der Waals surface area (Å²) in [6.07, 6.45) is 0. The molecule has 0 saturated carbocycles. The maximum Gasteiger partial charge on any atom is 0.110 e. The van der Waals surface area contributed by atoms with Crippen molar-refractivity contribution in [3.05, 3.63) is 0 Å². The minimum atomic E-state index is -0.582. The molecule has 2 nitrogen and oxygen atoms in total. The fourth-order valence-electron chi connectivity index (χ4n) is 1.47. The zero-order valence-electron chi connectivity index (χ0n) is 9.30. The van der Waals surface area contributed by atoms with Gasteiger partial charge in [-0.1, -0.05) is 20.4 Å². The standard InChI is InChI=1S/C9H24N2Si/c1-6-11(7-2)12(5)9-8-10(3)4/h12H,6-9H2,1-5H3. The lowest BCUT2D eigenvalue weighted by atomic mass is 10.7. The molecule has 0 fully saturated rings. The molecule has 0 aliphatic heterocycles. The second-order valence-corrected chi connectivity index (χ2v) is 6.67. The van der Waals surface area contributed by atoms with Crippen LogP contribution < -0.4 is 0 Å². The maximum atomic E-state index is 2.64. The molecule has 0 bridgehead atoms. The minimum absolute atomic E-state index is 0.582. The second kappa shape index (κ2) is 6.63. The Labute approximate surface area is 79.2 Å². The van der Waals surface area contributed by atoms with E-state index in [0.717, 1.165) is 0 Å². The van der Waals surface area contributed by atoms with Gasteiger partial charge in [-0.25, -0.2) is 0 Å². The topological polar surface area (TPSA) is 6.48 Å². The highest BCUT2D eigenvalue weighted by Gasteiger charge is 2.11. The summed E-state index contributed by atoms with van der Waals surface area (Å²) in [4.78, 5) is 2.28. The average Bonchev–Trinajstić information content (AvgIpc) is 2.03. The maximum absolute atomic E-state index is 2.64. The van der Waals surface area contributed by atoms with Crippen molar-refractivity contribution in [3.63, 3.8) is 0 Å². The predicted molar refractivity (Wildman–Crippen MR) is 59.3 cm³/mol. The molecule has 0 rings (SSSR count). The van der Waals surface area contributed by atoms with Gasteiger partial charge in [0.15, 0.2) is 0 Å². The zero-order chi connectivity index (χ0) is 9.56. The minimum Gasteiger partial charge on any atom is -0.327 e. The van der Waals surface area contributed by atoms with E-state index in [0.29, 0.717) is 0 Å². The third-order valence-corrected chi connectivity index (χ3v) is 5.50. The molecule has 0 aromatic carbocycles. The van der Waals surface area contributed by atoms with Crippen molar-refractivity contribution in [2.75, 3.05) is 33.7 Å². The molecule has 3 heteroatoms. The lowest BCUT2D eigenvalue weighted by Crippen LogP contribution is -2.38. The van der Waals surface area contributed by atoms with Crippen LogP contribution in [0.15, 0.2) is 0 Å². The molecule has 0 saturated heterocycles. The Hall–Kier alpha value is 0.137. The van der Waals surface area contributed by atoms with E-state index < -0.39 is 8.96 Å². The SMILES string of the molecule is CCN(CC)[SiH](C)CCN(C)C. The summed E-state index contributed by atoms with van der Waals surface area (Å²) in [5.41, 5.74) is 0. The molecular weight excluding hydrogens is 164 g/mol. The third kappa shape index (κ3) is 4.90. The Morgan fingerprint density at radius 2 is 1.58 bits per heavy atom. The number of hydrogen-bond donors (Lipinski definition) is 0. The Kier molecular flexibility index (Phi) is 6.71. The first kappa shape index (κ1) is 12.1. The third-order valence-electron chi connectivity index (χ3n) is 2.43. The van der Waals surface area contributed by atoms with E-state index in [1.54, 1.807) is 0 Å². The highest BCUT2D eigenvalue weighted by atomic mass is 28.3. The first-order chi connectivity index (χ1) is 5.61. The summed E-state index contributed by atoms with van der Waals surface area (Å²) in [6.45, 7) is 10.7. The quantitative estimate of drug-likeness (QED) is 0.579. The van der Waals surface area contributed by atoms with Crippen LogP contribution in [-0.2, 0) is 0 Å². The molecule has 0 spiro atoms. The van der Waals surface area contributed by atoms with Crippen molar-refractivity contribution in [3.8, 4) is 0 Å². The largest absolute Gasteiger partial charge is 0.327 e. The van der Waals surface area contributed by atoms with Gasteiger partial charge >= 0.3 is 0 Å². The molecule has 0 aliphatic carbocycles. The highest BCUT2D eigenvalue weighted by molar-refractivity contribution is 6.54. The first-order valence-electron chi connectivity index (χ1n) is 5.00. The summed E-state index contributed by atoms with van der Waals surface area (Å²) >= 11 is 0. The zero-order valence-corrected chi connectivity index (χ0v) is 10.5. The van der Waals surface area contributed by atoms with Crippen LogP contribution in [0.1, 0.15) is 13.8 Å². The Balaban J connectivity index is 3.61. The van der Waals surface area contributed by atoms with E-state index in [1.807, 2.05) is 0 Å². The normalized spacial score (nSPS) is 14.2. The Morgan fingerprint density at radius 1 is 1.08 bits per heavy atom. The van der Waals surface area contributed by atoms with E-state index in [2.05, 4.69) is 44.0 Å². The Bertz CT molecular complexity index is 103. The van der Waals surface area contributed by atoms with Gasteiger partial charge < -0.3 is 9.47 Å². The molecule has 0 heterocycles. The van der Waals surface area contributed by atoms with Crippen LogP contribution in [-0.4, -0.2) is 52.2 Å². The summed E-state index contributed by atoms with van der Waals surface area (Å²) in [5.74, 6) is 0. The van der Waals surface area contributed by atoms with Crippen LogP contribution in [0.2, 0.25) is 12.6 Å². The molecule has 0 aromatic heterocycles. The average molecular weight is 188 g/mol. The molecule has 0 amide bonds. The van der Waals surface area contributed by atoms with Crippen molar-refractivity contribution in [2.45, 2.75) is 26.4 Å². The van der Waals surface area contributed by atoms with Crippen LogP contribution in [0.3, 0.4) is 0 Å². The monoisotopic (exact) mass is 188 g/mol. The smallest absolute Gasteiger partial charge is 0.110 e. The van der Waals surface area contributed by atoms with Crippen LogP contribution >= 0.6 is 0 Å². The van der Waals surface area contributed by atoms with Gasteiger partial charge in [0.05, 0.1) is 0 Å². The van der Waals surface area contributed by atoms with Crippen LogP contribution in [0.4, 0.5) is 0 Å². The Morgan fingerprint density at radius 3 is 1.92 bits per heavy atom. The van der Waals surface area contributed by atoms with Crippen molar-refractivity contribution < 1.29 is 0 Å². The molecule has 0 radical (unpaired) electrons. The van der Waals surface area contributed by atoms with Gasteiger partial charge in [0, 0.05) is 0 Å². The van der Waals surface area contributed by atoms with E-state index in [4.69, 9.17) is 0 Å². The van der Waals surface area contributed by atoms with Crippen molar-refractivity contribution in [2.24, 2.45) is 0 Å². The molecule has 1 atom stereocenters. The molecule has 0 aliphatic rings. The van der Waals surface area contributed by atoms with Gasteiger partial charge in [0.25, 0.3) is 0 Å². The number of rotatable bonds is 6. The first-order valence-corrected chi connectivity index (χ1v) is 7.49. The van der Waals surface area contributed by atoms with Gasteiger partial charge in [-0.05, 0) is 39.8 Å². The fourth-order valence-corrected chi connectivity index (χ4v) is 3.98. The van der Waals surface area contributed by atoms with Gasteiger partial charge in [-0.3, -0.25) is 0 Å². The van der Waals surface area contributed by atoms with Crippen LogP contribution in [0.5, 0.6) is 0 Å². The van der Waals surface area contributed by atoms with Gasteiger partial charge in [0.1, 0.15) is 8.96 Å². The van der Waals surface area contributed by atoms with Gasteiger partial charge in [-0.15, -0.1) is 0 Å². The summed E-state index contributed by atoms with van der Waals surface area (Å²) in [7, 11) is 3.73. The van der Waals surface area contributed by atoms with Gasteiger partial charge in [-0.2, -0.15) is 0 Å². The fraction of sp³-hybridized carbons (Fsp3) is 1.00. The van der Waals surface area contributed by atoms with Crippen LogP contribution in [0.25, 0.3) is 0 Å². The molecular formula is C9H24N2Si. The molecule has 12 heavy (non-hydrogen) atoms. The number of hydrogen-bond acceptors (Lipinski definition) is 2.